The van der Waals surface area contributed by atoms with Crippen LogP contribution in [0.3, 0.4) is 0 Å². The van der Waals surface area contributed by atoms with Crippen molar-refractivity contribution in [1.82, 2.24) is 4.98 Å². The molecule has 0 aliphatic heterocycles. The summed E-state index contributed by atoms with van der Waals surface area (Å²) in [6.07, 6.45) is 1.26. The lowest BCUT2D eigenvalue weighted by Gasteiger charge is -2.05. The molecule has 0 atom stereocenters. The highest BCUT2D eigenvalue weighted by molar-refractivity contribution is 7.18. The summed E-state index contributed by atoms with van der Waals surface area (Å²) in [7, 11) is 0. The molecule has 0 unspecified atom stereocenters. The van der Waals surface area contributed by atoms with Gasteiger partial charge in [0.05, 0.1) is 17.7 Å². The number of nitrogens with zero attached hydrogens (tertiary/aromatic N) is 2. The summed E-state index contributed by atoms with van der Waals surface area (Å²) < 4.78 is 15.1. The molecule has 0 radical (unpaired) electrons. The first-order valence-corrected chi connectivity index (χ1v) is 9.27. The summed E-state index contributed by atoms with van der Waals surface area (Å²) in [5, 5.41) is 12.0. The summed E-state index contributed by atoms with van der Waals surface area (Å²) in [5.74, 6) is -1.93. The van der Waals surface area contributed by atoms with Gasteiger partial charge in [-0.15, -0.1) is 11.3 Å². The minimum atomic E-state index is -0.714. The molecule has 2 heterocycles. The number of anilines is 1. The van der Waals surface area contributed by atoms with E-state index in [9.17, 15) is 19.6 Å². The zero-order valence-corrected chi connectivity index (χ0v) is 16.3. The second kappa shape index (κ2) is 8.53. The van der Waals surface area contributed by atoms with E-state index in [-0.39, 0.29) is 27.6 Å². The van der Waals surface area contributed by atoms with E-state index in [4.69, 9.17) is 13.9 Å². The van der Waals surface area contributed by atoms with Gasteiger partial charge < -0.3 is 19.2 Å². The fraction of sp³-hybridized carbons (Fsp3) is 0.211. The Morgan fingerprint density at radius 3 is 2.79 bits per heavy atom. The van der Waals surface area contributed by atoms with E-state index in [1.54, 1.807) is 19.9 Å². The highest BCUT2D eigenvalue weighted by Gasteiger charge is 2.22. The van der Waals surface area contributed by atoms with Crippen molar-refractivity contribution >= 4 is 45.3 Å². The molecule has 10 heteroatoms. The Bertz CT molecular complexity index is 1140. The van der Waals surface area contributed by atoms with Crippen LogP contribution in [0, 0.1) is 18.3 Å². The standard InChI is InChI=1S/C19H15N3O6S/c1-3-26-19(25)16-10(2)12(7-20)17(29-16)22-15(23)8-27-18(24)11-4-5-13-14(6-11)28-9-21-13/h4-6,9H,3,8H2,1-2H3,(H,22,23). The smallest absolute Gasteiger partial charge is 0.348 e. The number of thiophene rings is 1. The Morgan fingerprint density at radius 1 is 1.28 bits per heavy atom. The van der Waals surface area contributed by atoms with Gasteiger partial charge >= 0.3 is 11.9 Å². The third-order valence-electron chi connectivity index (χ3n) is 3.87. The van der Waals surface area contributed by atoms with Gasteiger partial charge in [0.25, 0.3) is 5.91 Å². The minimum Gasteiger partial charge on any atom is -0.462 e. The van der Waals surface area contributed by atoms with Crippen molar-refractivity contribution < 1.29 is 28.3 Å². The number of esters is 2. The van der Waals surface area contributed by atoms with Crippen molar-refractivity contribution in [3.05, 3.63) is 46.2 Å². The lowest BCUT2D eigenvalue weighted by molar-refractivity contribution is -0.119. The van der Waals surface area contributed by atoms with Crippen LogP contribution in [0.1, 0.15) is 38.1 Å². The van der Waals surface area contributed by atoms with Crippen LogP contribution < -0.4 is 5.32 Å². The Morgan fingerprint density at radius 2 is 2.07 bits per heavy atom. The van der Waals surface area contributed by atoms with Gasteiger partial charge in [-0.3, -0.25) is 4.79 Å². The second-order valence-electron chi connectivity index (χ2n) is 5.75. The molecule has 148 valence electrons. The molecule has 1 N–H and O–H groups in total. The number of oxazole rings is 1. The predicted molar refractivity (Wildman–Crippen MR) is 103 cm³/mol. The molecular weight excluding hydrogens is 398 g/mol. The molecule has 9 nitrogen and oxygen atoms in total. The quantitative estimate of drug-likeness (QED) is 0.610. The lowest BCUT2D eigenvalue weighted by Crippen LogP contribution is -2.20. The molecule has 1 aromatic carbocycles. The Hall–Kier alpha value is -3.71. The number of fused-ring (bicyclic) bond motifs is 1. The number of hydrogen-bond acceptors (Lipinski definition) is 9. The largest absolute Gasteiger partial charge is 0.462 e. The topological polar surface area (TPSA) is 132 Å². The number of ether oxygens (including phenoxy) is 2. The van der Waals surface area contributed by atoms with Gasteiger partial charge in [-0.2, -0.15) is 5.26 Å². The lowest BCUT2D eigenvalue weighted by atomic mass is 10.2. The van der Waals surface area contributed by atoms with Gasteiger partial charge in [0.1, 0.15) is 21.5 Å². The van der Waals surface area contributed by atoms with Crippen molar-refractivity contribution in [3.8, 4) is 6.07 Å². The first-order valence-electron chi connectivity index (χ1n) is 8.45. The molecule has 3 rings (SSSR count). The summed E-state index contributed by atoms with van der Waals surface area (Å²) in [5.41, 5.74) is 1.80. The molecule has 0 aliphatic rings. The number of amides is 1. The van der Waals surface area contributed by atoms with Gasteiger partial charge in [0, 0.05) is 0 Å². The predicted octanol–water partition coefficient (Wildman–Crippen LogP) is 3.04. The van der Waals surface area contributed by atoms with Crippen LogP contribution in [0.4, 0.5) is 5.00 Å². The molecular formula is C19H15N3O6S. The van der Waals surface area contributed by atoms with E-state index >= 15 is 0 Å². The number of rotatable bonds is 6. The van der Waals surface area contributed by atoms with Gasteiger partial charge in [-0.1, -0.05) is 0 Å². The fourth-order valence-electron chi connectivity index (χ4n) is 2.49. The number of nitriles is 1. The highest BCUT2D eigenvalue weighted by atomic mass is 32.1. The number of nitrogens with one attached hydrogen (secondary N) is 1. The number of benzene rings is 1. The van der Waals surface area contributed by atoms with Gasteiger partial charge in [-0.05, 0) is 37.6 Å². The normalized spacial score (nSPS) is 10.4. The average Bonchev–Trinajstić information content (AvgIpc) is 3.29. The number of hydrogen-bond donors (Lipinski definition) is 1. The molecule has 29 heavy (non-hydrogen) atoms. The van der Waals surface area contributed by atoms with Crippen LogP contribution in [-0.4, -0.2) is 36.0 Å². The molecule has 0 bridgehead atoms. The molecule has 1 amide bonds. The van der Waals surface area contributed by atoms with Crippen LogP contribution >= 0.6 is 11.3 Å². The molecule has 0 fully saturated rings. The first-order chi connectivity index (χ1) is 13.9. The number of aromatic nitrogens is 1. The highest BCUT2D eigenvalue weighted by Crippen LogP contribution is 2.33. The zero-order valence-electron chi connectivity index (χ0n) is 15.5. The monoisotopic (exact) mass is 413 g/mol. The van der Waals surface area contributed by atoms with E-state index < -0.39 is 24.5 Å². The first kappa shape index (κ1) is 20.0. The van der Waals surface area contributed by atoms with Crippen molar-refractivity contribution in [2.75, 3.05) is 18.5 Å². The van der Waals surface area contributed by atoms with E-state index in [2.05, 4.69) is 10.3 Å². The molecule has 0 spiro atoms. The van der Waals surface area contributed by atoms with E-state index in [1.165, 1.54) is 18.5 Å². The van der Waals surface area contributed by atoms with Crippen LogP contribution in [0.5, 0.6) is 0 Å². The summed E-state index contributed by atoms with van der Waals surface area (Å²) in [4.78, 5) is 40.4. The zero-order chi connectivity index (χ0) is 21.0. The van der Waals surface area contributed by atoms with Crippen molar-refractivity contribution in [1.29, 1.82) is 5.26 Å². The third kappa shape index (κ3) is 4.25. The third-order valence-corrected chi connectivity index (χ3v) is 5.06. The maximum atomic E-state index is 12.2. The molecule has 3 aromatic rings. The SMILES string of the molecule is CCOC(=O)c1sc(NC(=O)COC(=O)c2ccc3ncoc3c2)c(C#N)c1C. The Balaban J connectivity index is 1.66. The fourth-order valence-corrected chi connectivity index (χ4v) is 3.55. The second-order valence-corrected chi connectivity index (χ2v) is 6.77. The minimum absolute atomic E-state index is 0.161. The maximum absolute atomic E-state index is 12.2. The van der Waals surface area contributed by atoms with E-state index in [0.29, 0.717) is 16.7 Å². The number of carbonyl (C=O) groups is 3. The van der Waals surface area contributed by atoms with E-state index in [0.717, 1.165) is 11.3 Å². The van der Waals surface area contributed by atoms with Crippen LogP contribution in [0.2, 0.25) is 0 Å². The van der Waals surface area contributed by atoms with Gasteiger partial charge in [0.2, 0.25) is 0 Å². The molecule has 2 aromatic heterocycles. The van der Waals surface area contributed by atoms with Crippen LogP contribution in [-0.2, 0) is 14.3 Å². The maximum Gasteiger partial charge on any atom is 0.348 e. The number of carbonyl (C=O) groups excluding carboxylic acids is 3. The van der Waals surface area contributed by atoms with Crippen molar-refractivity contribution in [2.24, 2.45) is 0 Å². The average molecular weight is 413 g/mol. The van der Waals surface area contributed by atoms with Crippen molar-refractivity contribution in [2.45, 2.75) is 13.8 Å². The van der Waals surface area contributed by atoms with Gasteiger partial charge in [-0.25, -0.2) is 14.6 Å². The van der Waals surface area contributed by atoms with E-state index in [1.807, 2.05) is 6.07 Å². The summed E-state index contributed by atoms with van der Waals surface area (Å²) >= 11 is 0.931. The summed E-state index contributed by atoms with van der Waals surface area (Å²) in [6, 6.07) is 6.52. The molecule has 0 saturated carbocycles. The van der Waals surface area contributed by atoms with Crippen LogP contribution in [0.15, 0.2) is 29.0 Å². The molecule has 0 saturated heterocycles. The Kier molecular flexibility index (Phi) is 5.90. The van der Waals surface area contributed by atoms with Crippen molar-refractivity contribution in [3.63, 3.8) is 0 Å². The van der Waals surface area contributed by atoms with Crippen LogP contribution in [0.25, 0.3) is 11.1 Å². The molecule has 0 aliphatic carbocycles. The summed E-state index contributed by atoms with van der Waals surface area (Å²) in [6.45, 7) is 2.89. The van der Waals surface area contributed by atoms with Gasteiger partial charge in [0.15, 0.2) is 18.6 Å². The Labute approximate surface area is 168 Å².